The molecule has 39 heavy (non-hydrogen) atoms. The summed E-state index contributed by atoms with van der Waals surface area (Å²) in [6, 6.07) is 13.2. The number of carbonyl (C=O) groups excluding carboxylic acids is 1. The van der Waals surface area contributed by atoms with Gasteiger partial charge in [0.25, 0.3) is 0 Å². The number of halogens is 2. The first-order chi connectivity index (χ1) is 19.0. The van der Waals surface area contributed by atoms with Crippen LogP contribution < -0.4 is 15.4 Å². The molecule has 0 amide bonds. The maximum atomic E-state index is 14.6. The van der Waals surface area contributed by atoms with Crippen molar-refractivity contribution in [1.29, 1.82) is 0 Å². The van der Waals surface area contributed by atoms with Crippen LogP contribution in [0.25, 0.3) is 11.4 Å². The fourth-order valence-corrected chi connectivity index (χ4v) is 5.50. The Bertz CT molecular complexity index is 1490. The number of Topliss-reactive ketones (excluding diaryl/α,β-unsaturated/α-hetero) is 1. The van der Waals surface area contributed by atoms with Gasteiger partial charge in [0.15, 0.2) is 29.0 Å². The number of anilines is 1. The van der Waals surface area contributed by atoms with Gasteiger partial charge >= 0.3 is 0 Å². The third kappa shape index (κ3) is 4.99. The first-order valence-corrected chi connectivity index (χ1v) is 13.1. The van der Waals surface area contributed by atoms with Gasteiger partial charge in [-0.25, -0.2) is 13.8 Å². The molecule has 0 radical (unpaired) electrons. The molecule has 0 saturated carbocycles. The van der Waals surface area contributed by atoms with Crippen LogP contribution in [0.5, 0.6) is 5.75 Å². The van der Waals surface area contributed by atoms with E-state index in [9.17, 15) is 13.6 Å². The standard InChI is InChI=1S/C29H28F2N6O2/c30-22-4-5-23(31)26-25(22)20(8-15-39-26)17-24(38)19-2-1-3-21(16-19)35-29(9-13-33-14-10-29)28-34-27(36-37-28)18-6-11-32-12-7-18/h1-7,11-12,16,20,33,35H,8-10,13-15,17H2,(H,34,36,37)/t20-/m0/s1. The molecular weight excluding hydrogens is 502 g/mol. The molecule has 200 valence electrons. The van der Waals surface area contributed by atoms with E-state index in [-0.39, 0.29) is 30.1 Å². The van der Waals surface area contributed by atoms with Gasteiger partial charge in [-0.1, -0.05) is 12.1 Å². The highest BCUT2D eigenvalue weighted by atomic mass is 19.1. The summed E-state index contributed by atoms with van der Waals surface area (Å²) in [6.45, 7) is 1.83. The van der Waals surface area contributed by atoms with Crippen LogP contribution in [-0.4, -0.2) is 45.6 Å². The minimum absolute atomic E-state index is 0.0621. The lowest BCUT2D eigenvalue weighted by atomic mass is 9.86. The molecule has 1 fully saturated rings. The molecule has 0 spiro atoms. The van der Waals surface area contributed by atoms with Gasteiger partial charge in [0.1, 0.15) is 5.82 Å². The van der Waals surface area contributed by atoms with Crippen molar-refractivity contribution < 1.29 is 18.3 Å². The largest absolute Gasteiger partial charge is 0.490 e. The zero-order valence-corrected chi connectivity index (χ0v) is 21.2. The SMILES string of the molecule is O=C(C[C@@H]1CCOc2c(F)ccc(F)c21)c1cccc(NC2(c3nc(-c4ccncc4)n[nH]3)CCNCC2)c1. The number of hydrogen-bond donors (Lipinski definition) is 3. The Morgan fingerprint density at radius 1 is 1.08 bits per heavy atom. The normalized spacial score (nSPS) is 18.2. The van der Waals surface area contributed by atoms with Crippen LogP contribution in [0.4, 0.5) is 14.5 Å². The fraction of sp³-hybridized carbons (Fsp3) is 0.310. The number of carbonyl (C=O) groups is 1. The van der Waals surface area contributed by atoms with E-state index in [1.807, 2.05) is 30.3 Å². The van der Waals surface area contributed by atoms with Crippen LogP contribution in [0.3, 0.4) is 0 Å². The molecule has 2 aliphatic heterocycles. The van der Waals surface area contributed by atoms with Crippen molar-refractivity contribution in [3.63, 3.8) is 0 Å². The van der Waals surface area contributed by atoms with E-state index in [1.165, 1.54) is 0 Å². The summed E-state index contributed by atoms with van der Waals surface area (Å²) < 4.78 is 34.2. The average molecular weight is 531 g/mol. The topological polar surface area (TPSA) is 105 Å². The number of fused-ring (bicyclic) bond motifs is 1. The Morgan fingerprint density at radius 3 is 2.69 bits per heavy atom. The van der Waals surface area contributed by atoms with Crippen molar-refractivity contribution in [3.8, 4) is 17.1 Å². The number of benzene rings is 2. The quantitative estimate of drug-likeness (QED) is 0.290. The van der Waals surface area contributed by atoms with Crippen molar-refractivity contribution in [3.05, 3.63) is 89.5 Å². The maximum absolute atomic E-state index is 14.6. The molecule has 2 aliphatic rings. The second kappa shape index (κ2) is 10.5. The molecule has 4 heterocycles. The van der Waals surface area contributed by atoms with Crippen LogP contribution in [0.1, 0.15) is 53.3 Å². The zero-order chi connectivity index (χ0) is 26.8. The molecule has 2 aromatic carbocycles. The van der Waals surface area contributed by atoms with E-state index < -0.39 is 23.1 Å². The summed E-state index contributed by atoms with van der Waals surface area (Å²) in [4.78, 5) is 22.2. The van der Waals surface area contributed by atoms with Gasteiger partial charge in [0.2, 0.25) is 0 Å². The monoisotopic (exact) mass is 530 g/mol. The van der Waals surface area contributed by atoms with Gasteiger partial charge in [-0.2, -0.15) is 5.10 Å². The Balaban J connectivity index is 1.24. The number of pyridine rings is 1. The Morgan fingerprint density at radius 2 is 1.87 bits per heavy atom. The molecule has 1 atom stereocenters. The molecular formula is C29H28F2N6O2. The summed E-state index contributed by atoms with van der Waals surface area (Å²) >= 11 is 0. The van der Waals surface area contributed by atoms with Crippen molar-refractivity contribution in [2.45, 2.75) is 37.1 Å². The van der Waals surface area contributed by atoms with Crippen molar-refractivity contribution in [1.82, 2.24) is 25.5 Å². The van der Waals surface area contributed by atoms with E-state index in [0.29, 0.717) is 17.8 Å². The highest BCUT2D eigenvalue weighted by Crippen LogP contribution is 2.40. The predicted molar refractivity (Wildman–Crippen MR) is 142 cm³/mol. The van der Waals surface area contributed by atoms with Crippen LogP contribution in [0.15, 0.2) is 60.9 Å². The molecule has 10 heteroatoms. The Hall–Kier alpha value is -4.18. The first-order valence-electron chi connectivity index (χ1n) is 13.1. The molecule has 0 aliphatic carbocycles. The summed E-state index contributed by atoms with van der Waals surface area (Å²) in [5, 5.41) is 14.6. The number of H-pyrrole nitrogens is 1. The smallest absolute Gasteiger partial charge is 0.181 e. The number of rotatable bonds is 7. The van der Waals surface area contributed by atoms with Crippen LogP contribution in [0.2, 0.25) is 0 Å². The fourth-order valence-electron chi connectivity index (χ4n) is 5.50. The second-order valence-corrected chi connectivity index (χ2v) is 10.0. The summed E-state index contributed by atoms with van der Waals surface area (Å²) in [5.41, 5.74) is 1.78. The summed E-state index contributed by atoms with van der Waals surface area (Å²) in [5.74, 6) is -0.517. The van der Waals surface area contributed by atoms with Gasteiger partial charge in [0.05, 0.1) is 12.1 Å². The third-order valence-corrected chi connectivity index (χ3v) is 7.55. The molecule has 4 aromatic rings. The van der Waals surface area contributed by atoms with E-state index in [2.05, 4.69) is 25.8 Å². The molecule has 1 saturated heterocycles. The molecule has 6 rings (SSSR count). The lowest BCUT2D eigenvalue weighted by molar-refractivity contribution is 0.0964. The minimum atomic E-state index is -0.610. The van der Waals surface area contributed by atoms with E-state index in [1.54, 1.807) is 18.5 Å². The van der Waals surface area contributed by atoms with Crippen molar-refractivity contribution in [2.75, 3.05) is 25.0 Å². The van der Waals surface area contributed by atoms with E-state index in [4.69, 9.17) is 9.72 Å². The minimum Gasteiger partial charge on any atom is -0.490 e. The number of aromatic nitrogens is 4. The number of ketones is 1. The van der Waals surface area contributed by atoms with Gasteiger partial charge < -0.3 is 15.4 Å². The van der Waals surface area contributed by atoms with Gasteiger partial charge in [0, 0.05) is 47.1 Å². The van der Waals surface area contributed by atoms with Crippen molar-refractivity contribution >= 4 is 11.5 Å². The molecule has 3 N–H and O–H groups in total. The third-order valence-electron chi connectivity index (χ3n) is 7.55. The summed E-state index contributed by atoms with van der Waals surface area (Å²) in [6.07, 6.45) is 5.44. The van der Waals surface area contributed by atoms with Crippen LogP contribution in [0, 0.1) is 11.6 Å². The van der Waals surface area contributed by atoms with E-state index >= 15 is 0 Å². The highest BCUT2D eigenvalue weighted by molar-refractivity contribution is 5.97. The molecule has 8 nitrogen and oxygen atoms in total. The first kappa shape index (κ1) is 25.1. The second-order valence-electron chi connectivity index (χ2n) is 10.0. The number of piperidine rings is 1. The number of ether oxygens (including phenoxy) is 1. The maximum Gasteiger partial charge on any atom is 0.181 e. The van der Waals surface area contributed by atoms with Gasteiger partial charge in [-0.15, -0.1) is 0 Å². The van der Waals surface area contributed by atoms with E-state index in [0.717, 1.165) is 55.1 Å². The lowest BCUT2D eigenvalue weighted by Crippen LogP contribution is -2.46. The molecule has 2 aromatic heterocycles. The number of nitrogens with one attached hydrogen (secondary N) is 3. The van der Waals surface area contributed by atoms with Gasteiger partial charge in [-0.05, 0) is 68.8 Å². The van der Waals surface area contributed by atoms with Crippen LogP contribution >= 0.6 is 0 Å². The predicted octanol–water partition coefficient (Wildman–Crippen LogP) is 4.97. The Labute approximate surface area is 224 Å². The number of nitrogens with zero attached hydrogens (tertiary/aromatic N) is 3. The average Bonchev–Trinajstić information content (AvgIpc) is 3.48. The van der Waals surface area contributed by atoms with Gasteiger partial charge in [-0.3, -0.25) is 14.9 Å². The van der Waals surface area contributed by atoms with Crippen LogP contribution in [-0.2, 0) is 5.54 Å². The Kier molecular flexibility index (Phi) is 6.78. The zero-order valence-electron chi connectivity index (χ0n) is 21.2. The molecule has 0 bridgehead atoms. The van der Waals surface area contributed by atoms with Crippen molar-refractivity contribution in [2.24, 2.45) is 0 Å². The lowest BCUT2D eigenvalue weighted by Gasteiger charge is -2.37. The highest BCUT2D eigenvalue weighted by Gasteiger charge is 2.37. The number of aromatic amines is 1. The molecule has 0 unspecified atom stereocenters. The summed E-state index contributed by atoms with van der Waals surface area (Å²) in [7, 11) is 0. The number of hydrogen-bond acceptors (Lipinski definition) is 7.